The van der Waals surface area contributed by atoms with Crippen molar-refractivity contribution >= 4 is 5.91 Å². The zero-order valence-electron chi connectivity index (χ0n) is 15.1. The second-order valence-electron chi connectivity index (χ2n) is 7.74. The van der Waals surface area contributed by atoms with E-state index in [2.05, 4.69) is 30.1 Å². The van der Waals surface area contributed by atoms with Crippen molar-refractivity contribution in [3.05, 3.63) is 47.0 Å². The van der Waals surface area contributed by atoms with E-state index in [0.29, 0.717) is 29.5 Å². The summed E-state index contributed by atoms with van der Waals surface area (Å²) in [5.74, 6) is 3.35. The van der Waals surface area contributed by atoms with Crippen molar-refractivity contribution in [2.75, 3.05) is 13.1 Å². The van der Waals surface area contributed by atoms with E-state index >= 15 is 0 Å². The molecule has 1 aliphatic carbocycles. The van der Waals surface area contributed by atoms with Crippen LogP contribution in [0.25, 0.3) is 0 Å². The molecule has 1 amide bonds. The van der Waals surface area contributed by atoms with Crippen LogP contribution in [-0.4, -0.2) is 39.1 Å². The first-order chi connectivity index (χ1) is 12.6. The Morgan fingerprint density at radius 1 is 1.35 bits per heavy atom. The topological polar surface area (TPSA) is 85.7 Å². The van der Waals surface area contributed by atoms with Crippen molar-refractivity contribution in [3.63, 3.8) is 0 Å². The van der Waals surface area contributed by atoms with Gasteiger partial charge in [-0.1, -0.05) is 19.9 Å². The third kappa shape index (κ3) is 3.10. The Balaban J connectivity index is 1.57. The number of carbonyl (C=O) groups excluding carboxylic acids is 1. The maximum Gasteiger partial charge on any atom is 0.253 e. The summed E-state index contributed by atoms with van der Waals surface area (Å²) in [6.45, 7) is 5.57. The summed E-state index contributed by atoms with van der Waals surface area (Å²) in [5, 5.41) is 16.5. The molecule has 0 spiro atoms. The van der Waals surface area contributed by atoms with E-state index in [-0.39, 0.29) is 17.7 Å². The number of nitrogens with zero attached hydrogens (tertiary/aromatic N) is 4. The monoisotopic (exact) mass is 349 g/mol. The van der Waals surface area contributed by atoms with Crippen molar-refractivity contribution in [2.45, 2.75) is 38.5 Å². The van der Waals surface area contributed by atoms with Gasteiger partial charge >= 0.3 is 0 Å². The van der Waals surface area contributed by atoms with Gasteiger partial charge in [0.05, 0.1) is 11.6 Å². The molecule has 1 saturated carbocycles. The van der Waals surface area contributed by atoms with E-state index in [9.17, 15) is 4.79 Å². The summed E-state index contributed by atoms with van der Waals surface area (Å²) in [6, 6.07) is 9.05. The fourth-order valence-electron chi connectivity index (χ4n) is 3.90. The lowest BCUT2D eigenvalue weighted by atomic mass is 9.91. The van der Waals surface area contributed by atoms with Crippen LogP contribution in [0.3, 0.4) is 0 Å². The standard InChI is InChI=1S/C20H23N5O/c1-12(2)18-22-19(24-23-18)17-11-25(10-16(17)14-6-7-14)20(26)15-5-3-4-13(8-15)9-21/h3-5,8,12,14,16-17H,6-7,10-11H2,1-2H3,(H,22,23,24)/t16-,17+/m1/s1. The molecule has 4 rings (SSSR count). The lowest BCUT2D eigenvalue weighted by molar-refractivity contribution is 0.0784. The molecule has 1 saturated heterocycles. The number of likely N-dealkylation sites (tertiary alicyclic amines) is 1. The summed E-state index contributed by atoms with van der Waals surface area (Å²) in [6.07, 6.45) is 2.47. The van der Waals surface area contributed by atoms with Gasteiger partial charge in [-0.05, 0) is 42.9 Å². The Bertz CT molecular complexity index is 861. The first kappa shape index (κ1) is 16.8. The Kier molecular flexibility index (Phi) is 4.23. The summed E-state index contributed by atoms with van der Waals surface area (Å²) in [5.41, 5.74) is 1.10. The number of carbonyl (C=O) groups is 1. The van der Waals surface area contributed by atoms with Gasteiger partial charge in [0.2, 0.25) is 0 Å². The van der Waals surface area contributed by atoms with Crippen LogP contribution in [0.5, 0.6) is 0 Å². The van der Waals surface area contributed by atoms with Crippen LogP contribution in [0, 0.1) is 23.2 Å². The Labute approximate surface area is 153 Å². The van der Waals surface area contributed by atoms with E-state index in [4.69, 9.17) is 10.2 Å². The molecule has 26 heavy (non-hydrogen) atoms. The molecule has 2 aromatic rings. The highest BCUT2D eigenvalue weighted by atomic mass is 16.2. The predicted octanol–water partition coefficient (Wildman–Crippen LogP) is 3.07. The first-order valence-electron chi connectivity index (χ1n) is 9.28. The summed E-state index contributed by atoms with van der Waals surface area (Å²) >= 11 is 0. The molecule has 1 N–H and O–H groups in total. The van der Waals surface area contributed by atoms with Crippen molar-refractivity contribution in [3.8, 4) is 6.07 Å². The molecule has 134 valence electrons. The van der Waals surface area contributed by atoms with Crippen LogP contribution in [0.15, 0.2) is 24.3 Å². The van der Waals surface area contributed by atoms with Gasteiger partial charge in [0, 0.05) is 30.5 Å². The van der Waals surface area contributed by atoms with Crippen LogP contribution >= 0.6 is 0 Å². The molecule has 0 unspecified atom stereocenters. The molecule has 0 radical (unpaired) electrons. The highest BCUT2D eigenvalue weighted by molar-refractivity contribution is 5.94. The molecule has 2 atom stereocenters. The highest BCUT2D eigenvalue weighted by Crippen LogP contribution is 2.47. The second-order valence-corrected chi connectivity index (χ2v) is 7.74. The molecular weight excluding hydrogens is 326 g/mol. The number of aromatic amines is 1. The molecule has 6 nitrogen and oxygen atoms in total. The van der Waals surface area contributed by atoms with Gasteiger partial charge < -0.3 is 4.90 Å². The molecule has 1 aliphatic heterocycles. The van der Waals surface area contributed by atoms with E-state index in [1.807, 2.05) is 4.90 Å². The molecule has 2 heterocycles. The first-order valence-corrected chi connectivity index (χ1v) is 9.28. The zero-order chi connectivity index (χ0) is 18.3. The maximum atomic E-state index is 13.0. The second kappa shape index (κ2) is 6.56. The van der Waals surface area contributed by atoms with Crippen molar-refractivity contribution in [2.24, 2.45) is 11.8 Å². The Morgan fingerprint density at radius 3 is 2.81 bits per heavy atom. The van der Waals surface area contributed by atoms with Crippen molar-refractivity contribution in [1.82, 2.24) is 20.1 Å². The van der Waals surface area contributed by atoms with Gasteiger partial charge in [-0.2, -0.15) is 10.4 Å². The van der Waals surface area contributed by atoms with Crippen LogP contribution in [-0.2, 0) is 0 Å². The van der Waals surface area contributed by atoms with E-state index in [0.717, 1.165) is 18.2 Å². The smallest absolute Gasteiger partial charge is 0.253 e. The van der Waals surface area contributed by atoms with Crippen LogP contribution in [0.2, 0.25) is 0 Å². The predicted molar refractivity (Wildman–Crippen MR) is 96.5 cm³/mol. The maximum absolute atomic E-state index is 13.0. The summed E-state index contributed by atoms with van der Waals surface area (Å²) in [4.78, 5) is 19.6. The Morgan fingerprint density at radius 2 is 2.15 bits per heavy atom. The van der Waals surface area contributed by atoms with Gasteiger partial charge in [0.15, 0.2) is 5.82 Å². The summed E-state index contributed by atoms with van der Waals surface area (Å²) < 4.78 is 0. The number of rotatable bonds is 4. The molecule has 0 bridgehead atoms. The number of nitrogens with one attached hydrogen (secondary N) is 1. The fourth-order valence-corrected chi connectivity index (χ4v) is 3.90. The third-order valence-electron chi connectivity index (χ3n) is 5.51. The van der Waals surface area contributed by atoms with E-state index in [1.165, 1.54) is 12.8 Å². The van der Waals surface area contributed by atoms with E-state index < -0.39 is 0 Å². The number of amides is 1. The molecule has 2 fully saturated rings. The quantitative estimate of drug-likeness (QED) is 0.919. The third-order valence-corrected chi connectivity index (χ3v) is 5.51. The van der Waals surface area contributed by atoms with Gasteiger partial charge in [-0.15, -0.1) is 0 Å². The normalized spacial score (nSPS) is 22.6. The minimum atomic E-state index is -0.00107. The van der Waals surface area contributed by atoms with Gasteiger partial charge in [-0.3, -0.25) is 9.89 Å². The lowest BCUT2D eigenvalue weighted by Gasteiger charge is -2.16. The number of benzene rings is 1. The minimum Gasteiger partial charge on any atom is -0.338 e. The average molecular weight is 349 g/mol. The van der Waals surface area contributed by atoms with Crippen LogP contribution in [0.1, 0.15) is 66.1 Å². The number of nitriles is 1. The SMILES string of the molecule is CC(C)c1n[nH]c([C@H]2CN(C(=O)c3cccc(C#N)c3)C[C@@H]2C2CC2)n1. The summed E-state index contributed by atoms with van der Waals surface area (Å²) in [7, 11) is 0. The van der Waals surface area contributed by atoms with Gasteiger partial charge in [-0.25, -0.2) is 4.98 Å². The zero-order valence-corrected chi connectivity index (χ0v) is 15.1. The fraction of sp³-hybridized carbons (Fsp3) is 0.500. The lowest BCUT2D eigenvalue weighted by Crippen LogP contribution is -2.29. The number of aromatic nitrogens is 3. The molecule has 1 aromatic heterocycles. The van der Waals surface area contributed by atoms with Crippen molar-refractivity contribution in [1.29, 1.82) is 5.26 Å². The molecule has 2 aliphatic rings. The molecular formula is C20H23N5O. The number of hydrogen-bond acceptors (Lipinski definition) is 4. The highest BCUT2D eigenvalue weighted by Gasteiger charge is 2.45. The number of H-pyrrole nitrogens is 1. The number of hydrogen-bond donors (Lipinski definition) is 1. The van der Waals surface area contributed by atoms with Gasteiger partial charge in [0.25, 0.3) is 5.91 Å². The van der Waals surface area contributed by atoms with Crippen LogP contribution in [0.4, 0.5) is 0 Å². The van der Waals surface area contributed by atoms with E-state index in [1.54, 1.807) is 24.3 Å². The molecule has 1 aromatic carbocycles. The van der Waals surface area contributed by atoms with Crippen LogP contribution < -0.4 is 0 Å². The van der Waals surface area contributed by atoms with Gasteiger partial charge in [0.1, 0.15) is 5.82 Å². The minimum absolute atomic E-state index is 0.00107. The molecule has 6 heteroatoms. The van der Waals surface area contributed by atoms with Crippen molar-refractivity contribution < 1.29 is 4.79 Å². The average Bonchev–Trinajstić information content (AvgIpc) is 3.21. The Hall–Kier alpha value is -2.68. The largest absolute Gasteiger partial charge is 0.338 e.